The molecule has 0 aromatic heterocycles. The van der Waals surface area contributed by atoms with Crippen molar-refractivity contribution in [1.82, 2.24) is 9.80 Å². The molecule has 3 atom stereocenters. The maximum atomic E-state index is 12.7. The topological polar surface area (TPSA) is 95.0 Å². The number of rotatable bonds is 2. The first-order valence-corrected chi connectivity index (χ1v) is 9.17. The monoisotopic (exact) mass is 316 g/mol. The van der Waals surface area contributed by atoms with Gasteiger partial charge in [-0.3, -0.25) is 4.79 Å². The van der Waals surface area contributed by atoms with Gasteiger partial charge in [-0.15, -0.1) is 0 Å². The molecular weight excluding hydrogens is 296 g/mol. The second kappa shape index (κ2) is 5.15. The summed E-state index contributed by atoms with van der Waals surface area (Å²) >= 11 is 0. The van der Waals surface area contributed by atoms with E-state index in [1.165, 1.54) is 4.90 Å². The van der Waals surface area contributed by atoms with E-state index in [9.17, 15) is 18.0 Å². The molecule has 3 fully saturated rings. The van der Waals surface area contributed by atoms with Crippen molar-refractivity contribution in [3.8, 4) is 0 Å². The number of likely N-dealkylation sites (tertiary alicyclic amines) is 1. The van der Waals surface area contributed by atoms with Gasteiger partial charge in [0.15, 0.2) is 9.84 Å². The number of fused-ring (bicyclic) bond motifs is 2. The molecule has 2 aliphatic heterocycles. The van der Waals surface area contributed by atoms with E-state index in [0.29, 0.717) is 5.92 Å². The normalized spacial score (nSPS) is 34.2. The van der Waals surface area contributed by atoms with Crippen LogP contribution >= 0.6 is 0 Å². The maximum Gasteiger partial charge on any atom is 0.320 e. The minimum Gasteiger partial charge on any atom is -0.481 e. The molecule has 8 heteroatoms. The zero-order chi connectivity index (χ0) is 15.2. The zero-order valence-corrected chi connectivity index (χ0v) is 12.6. The first-order chi connectivity index (χ1) is 9.85. The Bertz CT molecular complexity index is 561. The van der Waals surface area contributed by atoms with Gasteiger partial charge in [0.05, 0.1) is 24.0 Å². The Morgan fingerprint density at radius 2 is 1.95 bits per heavy atom. The molecule has 3 unspecified atom stereocenters. The molecule has 1 N–H and O–H groups in total. The number of sulfone groups is 1. The number of carbonyl (C=O) groups is 2. The summed E-state index contributed by atoms with van der Waals surface area (Å²) in [6.07, 6.45) is 2.88. The van der Waals surface area contributed by atoms with Crippen molar-refractivity contribution in [3.63, 3.8) is 0 Å². The lowest BCUT2D eigenvalue weighted by molar-refractivity contribution is -0.138. The second-order valence-electron chi connectivity index (χ2n) is 6.33. The molecule has 21 heavy (non-hydrogen) atoms. The van der Waals surface area contributed by atoms with Crippen molar-refractivity contribution in [2.24, 2.45) is 5.92 Å². The Balaban J connectivity index is 1.75. The van der Waals surface area contributed by atoms with Gasteiger partial charge in [-0.05, 0) is 25.2 Å². The van der Waals surface area contributed by atoms with Crippen LogP contribution in [0.4, 0.5) is 4.79 Å². The number of carboxylic acids is 1. The Hall–Kier alpha value is -1.31. The largest absolute Gasteiger partial charge is 0.481 e. The van der Waals surface area contributed by atoms with Gasteiger partial charge >= 0.3 is 12.0 Å². The number of amides is 2. The van der Waals surface area contributed by atoms with Gasteiger partial charge in [-0.1, -0.05) is 0 Å². The Labute approximate surface area is 123 Å². The highest BCUT2D eigenvalue weighted by molar-refractivity contribution is 7.91. The first kappa shape index (κ1) is 14.6. The van der Waals surface area contributed by atoms with Crippen LogP contribution in [0, 0.1) is 5.92 Å². The molecule has 2 heterocycles. The summed E-state index contributed by atoms with van der Waals surface area (Å²) < 4.78 is 23.4. The van der Waals surface area contributed by atoms with Crippen LogP contribution in [0.2, 0.25) is 0 Å². The van der Waals surface area contributed by atoms with Crippen LogP contribution in [0.3, 0.4) is 0 Å². The van der Waals surface area contributed by atoms with Gasteiger partial charge in [0.1, 0.15) is 0 Å². The van der Waals surface area contributed by atoms with Crippen molar-refractivity contribution >= 4 is 21.8 Å². The smallest absolute Gasteiger partial charge is 0.320 e. The van der Waals surface area contributed by atoms with Crippen LogP contribution < -0.4 is 0 Å². The third kappa shape index (κ3) is 2.86. The summed E-state index contributed by atoms with van der Waals surface area (Å²) in [5.74, 6) is -0.827. The molecular formula is C13H20N2O5S. The zero-order valence-electron chi connectivity index (χ0n) is 11.8. The fourth-order valence-electron chi connectivity index (χ4n) is 3.83. The molecule has 0 spiro atoms. The summed E-state index contributed by atoms with van der Waals surface area (Å²) in [6.45, 7) is 0.833. The van der Waals surface area contributed by atoms with Crippen molar-refractivity contribution < 1.29 is 23.1 Å². The highest BCUT2D eigenvalue weighted by Gasteiger charge is 2.44. The molecule has 118 valence electrons. The summed E-state index contributed by atoms with van der Waals surface area (Å²) in [6, 6.07) is -0.664. The fraction of sp³-hybridized carbons (Fsp3) is 0.846. The van der Waals surface area contributed by atoms with Crippen molar-refractivity contribution in [1.29, 1.82) is 0 Å². The fourth-order valence-corrected chi connectivity index (χ4v) is 5.36. The molecule has 0 radical (unpaired) electrons. The van der Waals surface area contributed by atoms with Gasteiger partial charge in [0.25, 0.3) is 0 Å². The molecule has 1 saturated carbocycles. The second-order valence-corrected chi connectivity index (χ2v) is 8.56. The third-order valence-electron chi connectivity index (χ3n) is 4.84. The van der Waals surface area contributed by atoms with E-state index in [-0.39, 0.29) is 36.5 Å². The third-order valence-corrected chi connectivity index (χ3v) is 6.54. The average Bonchev–Trinajstić information content (AvgIpc) is 2.98. The lowest BCUT2D eigenvalue weighted by atomic mass is 10.1. The van der Waals surface area contributed by atoms with Crippen LogP contribution in [-0.4, -0.2) is 72.0 Å². The quantitative estimate of drug-likeness (QED) is 0.783. The highest BCUT2D eigenvalue weighted by atomic mass is 32.2. The Morgan fingerprint density at radius 1 is 1.19 bits per heavy atom. The number of carbonyl (C=O) groups excluding carboxylic acids is 1. The van der Waals surface area contributed by atoms with E-state index in [2.05, 4.69) is 0 Å². The Kier molecular flexibility index (Phi) is 3.59. The molecule has 3 rings (SSSR count). The maximum absolute atomic E-state index is 12.7. The van der Waals surface area contributed by atoms with E-state index in [0.717, 1.165) is 25.8 Å². The van der Waals surface area contributed by atoms with Crippen molar-refractivity contribution in [2.45, 2.75) is 37.8 Å². The molecule has 0 aromatic carbocycles. The summed E-state index contributed by atoms with van der Waals surface area (Å²) in [4.78, 5) is 26.9. The van der Waals surface area contributed by atoms with Crippen molar-refractivity contribution in [2.75, 3.05) is 24.6 Å². The molecule has 0 aromatic rings. The lowest BCUT2D eigenvalue weighted by Crippen LogP contribution is -2.57. The van der Waals surface area contributed by atoms with Crippen LogP contribution in [0.15, 0.2) is 0 Å². The number of urea groups is 1. The predicted octanol–water partition coefficient (Wildman–Crippen LogP) is 0.164. The number of nitrogens with zero attached hydrogens (tertiary/aromatic N) is 2. The van der Waals surface area contributed by atoms with E-state index < -0.39 is 21.8 Å². The van der Waals surface area contributed by atoms with Gasteiger partial charge < -0.3 is 14.9 Å². The summed E-state index contributed by atoms with van der Waals surface area (Å²) in [7, 11) is -3.25. The lowest BCUT2D eigenvalue weighted by Gasteiger charge is -2.39. The van der Waals surface area contributed by atoms with Crippen LogP contribution in [0.1, 0.15) is 25.7 Å². The Morgan fingerprint density at radius 3 is 2.52 bits per heavy atom. The molecule has 3 aliphatic rings. The average molecular weight is 316 g/mol. The SMILES string of the molecule is O=C(O)CC1CS(=O)(=O)CCN1C(=O)N1CC2CCC1C2. The number of carboxylic acid groups (broad SMARTS) is 1. The van der Waals surface area contributed by atoms with Crippen LogP contribution in [-0.2, 0) is 14.6 Å². The number of hydrogen-bond donors (Lipinski definition) is 1. The van der Waals surface area contributed by atoms with E-state index in [1.54, 1.807) is 0 Å². The number of aliphatic carboxylic acids is 1. The molecule has 1 aliphatic carbocycles. The molecule has 2 amide bonds. The van der Waals surface area contributed by atoms with Crippen LogP contribution in [0.5, 0.6) is 0 Å². The standard InChI is InChI=1S/C13H20N2O5S/c16-12(17)6-11-8-21(19,20)4-3-14(11)13(18)15-7-9-1-2-10(15)5-9/h9-11H,1-8H2,(H,16,17). The van der Waals surface area contributed by atoms with E-state index in [1.807, 2.05) is 4.90 Å². The van der Waals surface area contributed by atoms with Crippen molar-refractivity contribution in [3.05, 3.63) is 0 Å². The minimum atomic E-state index is -3.25. The molecule has 2 bridgehead atoms. The molecule has 7 nitrogen and oxygen atoms in total. The summed E-state index contributed by atoms with van der Waals surface area (Å²) in [5.41, 5.74) is 0. The summed E-state index contributed by atoms with van der Waals surface area (Å²) in [5, 5.41) is 8.96. The van der Waals surface area contributed by atoms with E-state index in [4.69, 9.17) is 5.11 Å². The van der Waals surface area contributed by atoms with Crippen LogP contribution in [0.25, 0.3) is 0 Å². The van der Waals surface area contributed by atoms with Gasteiger partial charge in [0.2, 0.25) is 0 Å². The van der Waals surface area contributed by atoms with Gasteiger partial charge in [-0.25, -0.2) is 13.2 Å². The number of piperidine rings is 1. The highest BCUT2D eigenvalue weighted by Crippen LogP contribution is 2.38. The minimum absolute atomic E-state index is 0.0726. The van der Waals surface area contributed by atoms with E-state index >= 15 is 0 Å². The van der Waals surface area contributed by atoms with Gasteiger partial charge in [-0.2, -0.15) is 0 Å². The molecule has 2 saturated heterocycles. The number of hydrogen-bond acceptors (Lipinski definition) is 4. The predicted molar refractivity (Wildman–Crippen MR) is 74.6 cm³/mol. The van der Waals surface area contributed by atoms with Gasteiger partial charge in [0, 0.05) is 19.1 Å². The first-order valence-electron chi connectivity index (χ1n) is 7.35.